The number of amides is 2. The fourth-order valence-corrected chi connectivity index (χ4v) is 2.50. The maximum Gasteiger partial charge on any atom is 0.317 e. The van der Waals surface area contributed by atoms with Gasteiger partial charge in [-0.3, -0.25) is 4.79 Å². The lowest BCUT2D eigenvalue weighted by atomic mass is 9.97. The van der Waals surface area contributed by atoms with E-state index < -0.39 is 0 Å². The van der Waals surface area contributed by atoms with Crippen LogP contribution in [0, 0.1) is 5.92 Å². The number of nitrogens with zero attached hydrogens (tertiary/aromatic N) is 2. The summed E-state index contributed by atoms with van der Waals surface area (Å²) in [7, 11) is 1.56. The lowest BCUT2D eigenvalue weighted by Crippen LogP contribution is -2.45. The Kier molecular flexibility index (Phi) is 6.19. The monoisotopic (exact) mass is 321 g/mol. The standard InChI is InChI=1S/C16H23N3O4/c1-3-23-15(20)13-6-8-19(9-7-13)16(21)18-11-12-4-5-14(22-2)17-10-12/h4-5,10,13H,3,6-9,11H2,1-2H3,(H,18,21). The molecule has 0 saturated carbocycles. The van der Waals surface area contributed by atoms with Crippen LogP contribution in [0.3, 0.4) is 0 Å². The number of ether oxygens (including phenoxy) is 2. The fraction of sp³-hybridized carbons (Fsp3) is 0.562. The lowest BCUT2D eigenvalue weighted by molar-refractivity contribution is -0.149. The molecule has 2 heterocycles. The van der Waals surface area contributed by atoms with Crippen LogP contribution < -0.4 is 10.1 Å². The van der Waals surface area contributed by atoms with Crippen LogP contribution in [-0.4, -0.2) is 48.7 Å². The van der Waals surface area contributed by atoms with E-state index in [2.05, 4.69) is 10.3 Å². The zero-order valence-electron chi connectivity index (χ0n) is 13.6. The van der Waals surface area contributed by atoms with Gasteiger partial charge in [-0.05, 0) is 25.3 Å². The molecule has 0 radical (unpaired) electrons. The third-order valence-electron chi connectivity index (χ3n) is 3.85. The molecule has 1 fully saturated rings. The number of aromatic nitrogens is 1. The largest absolute Gasteiger partial charge is 0.481 e. The Morgan fingerprint density at radius 2 is 2.09 bits per heavy atom. The first-order chi connectivity index (χ1) is 11.1. The third kappa shape index (κ3) is 4.84. The molecule has 0 atom stereocenters. The second kappa shape index (κ2) is 8.36. The first-order valence-corrected chi connectivity index (χ1v) is 7.82. The third-order valence-corrected chi connectivity index (χ3v) is 3.85. The van der Waals surface area contributed by atoms with E-state index in [0.717, 1.165) is 5.56 Å². The fourth-order valence-electron chi connectivity index (χ4n) is 2.50. The minimum atomic E-state index is -0.156. The van der Waals surface area contributed by atoms with Crippen molar-refractivity contribution in [3.05, 3.63) is 23.9 Å². The Balaban J connectivity index is 1.75. The van der Waals surface area contributed by atoms with Gasteiger partial charge in [-0.2, -0.15) is 0 Å². The van der Waals surface area contributed by atoms with Gasteiger partial charge in [0.05, 0.1) is 19.6 Å². The highest BCUT2D eigenvalue weighted by molar-refractivity contribution is 5.76. The smallest absolute Gasteiger partial charge is 0.317 e. The molecular formula is C16H23N3O4. The number of rotatable bonds is 5. The molecule has 126 valence electrons. The molecule has 1 aliphatic rings. The van der Waals surface area contributed by atoms with Crippen molar-refractivity contribution in [3.63, 3.8) is 0 Å². The highest BCUT2D eigenvalue weighted by Crippen LogP contribution is 2.18. The Bertz CT molecular complexity index is 525. The molecule has 7 nitrogen and oxygen atoms in total. The van der Waals surface area contributed by atoms with E-state index in [0.29, 0.717) is 45.0 Å². The number of esters is 1. The molecule has 0 spiro atoms. The van der Waals surface area contributed by atoms with Crippen LogP contribution in [0.2, 0.25) is 0 Å². The van der Waals surface area contributed by atoms with E-state index in [1.165, 1.54) is 0 Å². The number of hydrogen-bond donors (Lipinski definition) is 1. The Morgan fingerprint density at radius 1 is 1.35 bits per heavy atom. The summed E-state index contributed by atoms with van der Waals surface area (Å²) in [6.45, 7) is 3.74. The molecule has 0 unspecified atom stereocenters. The SMILES string of the molecule is CCOC(=O)C1CCN(C(=O)NCc2ccc(OC)nc2)CC1. The number of piperidine rings is 1. The van der Waals surface area contributed by atoms with Crippen molar-refractivity contribution in [2.75, 3.05) is 26.8 Å². The molecule has 0 aromatic carbocycles. The maximum absolute atomic E-state index is 12.2. The number of carbonyl (C=O) groups excluding carboxylic acids is 2. The van der Waals surface area contributed by atoms with Crippen LogP contribution in [0.5, 0.6) is 5.88 Å². The van der Waals surface area contributed by atoms with Crippen molar-refractivity contribution in [1.29, 1.82) is 0 Å². The van der Waals surface area contributed by atoms with Crippen LogP contribution in [0.1, 0.15) is 25.3 Å². The summed E-state index contributed by atoms with van der Waals surface area (Å²) in [5.74, 6) is 0.294. The minimum absolute atomic E-state index is 0.0928. The van der Waals surface area contributed by atoms with Crippen molar-refractivity contribution in [2.24, 2.45) is 5.92 Å². The number of methoxy groups -OCH3 is 1. The zero-order valence-corrected chi connectivity index (χ0v) is 13.6. The van der Waals surface area contributed by atoms with Crippen LogP contribution in [0.15, 0.2) is 18.3 Å². The number of likely N-dealkylation sites (tertiary alicyclic amines) is 1. The molecule has 0 aliphatic carbocycles. The number of nitrogens with one attached hydrogen (secondary N) is 1. The molecule has 1 N–H and O–H groups in total. The summed E-state index contributed by atoms with van der Waals surface area (Å²) < 4.78 is 10.0. The van der Waals surface area contributed by atoms with Crippen LogP contribution >= 0.6 is 0 Å². The highest BCUT2D eigenvalue weighted by atomic mass is 16.5. The van der Waals surface area contributed by atoms with Crippen molar-refractivity contribution >= 4 is 12.0 Å². The normalized spacial score (nSPS) is 15.1. The first kappa shape index (κ1) is 17.1. The molecule has 1 aliphatic heterocycles. The van der Waals surface area contributed by atoms with Gasteiger partial charge in [0, 0.05) is 31.9 Å². The van der Waals surface area contributed by atoms with E-state index in [-0.39, 0.29) is 17.9 Å². The average Bonchev–Trinajstić information content (AvgIpc) is 2.60. The molecule has 1 saturated heterocycles. The second-order valence-corrected chi connectivity index (χ2v) is 5.38. The molecule has 1 aromatic heterocycles. The van der Waals surface area contributed by atoms with Gasteiger partial charge in [-0.15, -0.1) is 0 Å². The summed E-state index contributed by atoms with van der Waals surface area (Å²) in [6, 6.07) is 3.49. The average molecular weight is 321 g/mol. The molecular weight excluding hydrogens is 298 g/mol. The van der Waals surface area contributed by atoms with Gasteiger partial charge < -0.3 is 19.7 Å². The predicted octanol–water partition coefficient (Wildman–Crippen LogP) is 1.57. The van der Waals surface area contributed by atoms with Crippen LogP contribution in [0.4, 0.5) is 4.79 Å². The van der Waals surface area contributed by atoms with Gasteiger partial charge in [-0.25, -0.2) is 9.78 Å². The van der Waals surface area contributed by atoms with Crippen molar-refractivity contribution in [1.82, 2.24) is 15.2 Å². The van der Waals surface area contributed by atoms with Gasteiger partial charge in [0.1, 0.15) is 0 Å². The van der Waals surface area contributed by atoms with Gasteiger partial charge in [0.2, 0.25) is 5.88 Å². The van der Waals surface area contributed by atoms with E-state index in [1.54, 1.807) is 31.2 Å². The summed E-state index contributed by atoms with van der Waals surface area (Å²) >= 11 is 0. The topological polar surface area (TPSA) is 80.8 Å². The molecule has 0 bridgehead atoms. The number of carbonyl (C=O) groups is 2. The van der Waals surface area contributed by atoms with Gasteiger partial charge >= 0.3 is 12.0 Å². The maximum atomic E-state index is 12.2. The van der Waals surface area contributed by atoms with Crippen molar-refractivity contribution in [3.8, 4) is 5.88 Å². The second-order valence-electron chi connectivity index (χ2n) is 5.38. The Morgan fingerprint density at radius 3 is 2.65 bits per heavy atom. The summed E-state index contributed by atoms with van der Waals surface area (Å²) in [6.07, 6.45) is 2.97. The van der Waals surface area contributed by atoms with E-state index in [9.17, 15) is 9.59 Å². The Hall–Kier alpha value is -2.31. The quantitative estimate of drug-likeness (QED) is 0.833. The first-order valence-electron chi connectivity index (χ1n) is 7.82. The lowest BCUT2D eigenvalue weighted by Gasteiger charge is -2.30. The molecule has 2 amide bonds. The Labute approximate surface area is 136 Å². The molecule has 7 heteroatoms. The van der Waals surface area contributed by atoms with Gasteiger partial charge in [-0.1, -0.05) is 6.07 Å². The minimum Gasteiger partial charge on any atom is -0.481 e. The molecule has 23 heavy (non-hydrogen) atoms. The molecule has 2 rings (SSSR count). The predicted molar refractivity (Wildman–Crippen MR) is 84.0 cm³/mol. The van der Waals surface area contributed by atoms with E-state index in [1.807, 2.05) is 6.07 Å². The summed E-state index contributed by atoms with van der Waals surface area (Å²) in [4.78, 5) is 29.7. The number of hydrogen-bond acceptors (Lipinski definition) is 5. The van der Waals surface area contributed by atoms with Crippen molar-refractivity contribution in [2.45, 2.75) is 26.3 Å². The number of pyridine rings is 1. The molecule has 1 aromatic rings. The van der Waals surface area contributed by atoms with Crippen LogP contribution in [0.25, 0.3) is 0 Å². The van der Waals surface area contributed by atoms with Gasteiger partial charge in [0.25, 0.3) is 0 Å². The number of urea groups is 1. The summed E-state index contributed by atoms with van der Waals surface area (Å²) in [5.41, 5.74) is 0.903. The van der Waals surface area contributed by atoms with Gasteiger partial charge in [0.15, 0.2) is 0 Å². The van der Waals surface area contributed by atoms with Crippen molar-refractivity contribution < 1.29 is 19.1 Å². The van der Waals surface area contributed by atoms with E-state index >= 15 is 0 Å². The van der Waals surface area contributed by atoms with E-state index in [4.69, 9.17) is 9.47 Å². The summed E-state index contributed by atoms with van der Waals surface area (Å²) in [5, 5.41) is 2.87. The van der Waals surface area contributed by atoms with Crippen LogP contribution in [-0.2, 0) is 16.1 Å². The zero-order chi connectivity index (χ0) is 16.7. The highest BCUT2D eigenvalue weighted by Gasteiger charge is 2.27.